The number of rotatable bonds is 5. The van der Waals surface area contributed by atoms with Crippen LogP contribution in [0.2, 0.25) is 0 Å². The molecule has 0 radical (unpaired) electrons. The number of nitrogens with zero attached hydrogens (tertiary/aromatic N) is 1. The number of halogens is 3. The summed E-state index contributed by atoms with van der Waals surface area (Å²) in [5.41, 5.74) is 0.505. The second-order valence-corrected chi connectivity index (χ2v) is 6.93. The molecule has 0 aliphatic carbocycles. The highest BCUT2D eigenvalue weighted by molar-refractivity contribution is 6.02. The van der Waals surface area contributed by atoms with Gasteiger partial charge in [-0.05, 0) is 37.1 Å². The van der Waals surface area contributed by atoms with E-state index in [-0.39, 0.29) is 23.4 Å². The van der Waals surface area contributed by atoms with E-state index in [1.165, 1.54) is 18.3 Å². The van der Waals surface area contributed by atoms with Crippen molar-refractivity contribution in [3.05, 3.63) is 53.6 Å². The van der Waals surface area contributed by atoms with Crippen molar-refractivity contribution in [3.63, 3.8) is 0 Å². The van der Waals surface area contributed by atoms with Gasteiger partial charge in [-0.1, -0.05) is 18.2 Å². The third-order valence-corrected chi connectivity index (χ3v) is 4.92. The van der Waals surface area contributed by atoms with E-state index in [9.17, 15) is 18.3 Å². The van der Waals surface area contributed by atoms with Crippen molar-refractivity contribution in [1.82, 2.24) is 4.98 Å². The lowest BCUT2D eigenvalue weighted by molar-refractivity contribution is -0.136. The fourth-order valence-corrected chi connectivity index (χ4v) is 3.45. The zero-order valence-electron chi connectivity index (χ0n) is 15.5. The summed E-state index contributed by atoms with van der Waals surface area (Å²) in [6.07, 6.45) is -1.47. The SMILES string of the molecule is Oc1[nH]c2ccccc2c1C=Nc1ccc(NCC2CCCO2)c(C(F)(F)F)c1. The fourth-order valence-electron chi connectivity index (χ4n) is 3.45. The number of benzene rings is 2. The second-order valence-electron chi connectivity index (χ2n) is 6.93. The molecule has 0 spiro atoms. The molecule has 1 aromatic heterocycles. The fraction of sp³-hybridized carbons (Fsp3) is 0.286. The third kappa shape index (κ3) is 4.22. The standard InChI is InChI=1S/C21H20F3N3O2/c22-21(23,24)17-10-13(7-8-19(17)26-11-14-4-3-9-29-14)25-12-16-15-5-1-2-6-18(15)27-20(16)28/h1-2,5-8,10,12,14,26-28H,3-4,9,11H2. The number of anilines is 1. The molecule has 1 fully saturated rings. The number of nitrogens with one attached hydrogen (secondary N) is 2. The van der Waals surface area contributed by atoms with E-state index in [0.717, 1.165) is 29.8 Å². The molecule has 1 saturated heterocycles. The molecule has 2 aromatic carbocycles. The smallest absolute Gasteiger partial charge is 0.418 e. The molecule has 29 heavy (non-hydrogen) atoms. The molecule has 3 N–H and O–H groups in total. The maximum absolute atomic E-state index is 13.5. The minimum atomic E-state index is -4.52. The summed E-state index contributed by atoms with van der Waals surface area (Å²) in [4.78, 5) is 6.97. The Labute approximate surface area is 165 Å². The van der Waals surface area contributed by atoms with Gasteiger partial charge in [-0.15, -0.1) is 0 Å². The Balaban J connectivity index is 1.60. The molecule has 1 aliphatic heterocycles. The molecule has 0 amide bonds. The minimum absolute atomic E-state index is 0.00175. The molecule has 0 saturated carbocycles. The van der Waals surface area contributed by atoms with Crippen molar-refractivity contribution in [2.24, 2.45) is 4.99 Å². The zero-order valence-corrected chi connectivity index (χ0v) is 15.5. The van der Waals surface area contributed by atoms with E-state index in [1.807, 2.05) is 12.1 Å². The van der Waals surface area contributed by atoms with Gasteiger partial charge in [0.05, 0.1) is 22.9 Å². The summed E-state index contributed by atoms with van der Waals surface area (Å²) in [7, 11) is 0. The van der Waals surface area contributed by atoms with Gasteiger partial charge < -0.3 is 20.1 Å². The first kappa shape index (κ1) is 19.3. The van der Waals surface area contributed by atoms with E-state index in [2.05, 4.69) is 15.3 Å². The Morgan fingerprint density at radius 2 is 2.07 bits per heavy atom. The lowest BCUT2D eigenvalue weighted by Gasteiger charge is -2.17. The molecular weight excluding hydrogens is 383 g/mol. The molecule has 4 rings (SSSR count). The molecule has 3 aromatic rings. The van der Waals surface area contributed by atoms with Crippen molar-refractivity contribution in [1.29, 1.82) is 0 Å². The number of ether oxygens (including phenoxy) is 1. The number of alkyl halides is 3. The van der Waals surface area contributed by atoms with E-state index in [4.69, 9.17) is 4.74 Å². The number of aromatic amines is 1. The Morgan fingerprint density at radius 1 is 1.24 bits per heavy atom. The number of hydrogen-bond acceptors (Lipinski definition) is 4. The monoisotopic (exact) mass is 403 g/mol. The van der Waals surface area contributed by atoms with Crippen molar-refractivity contribution >= 4 is 28.5 Å². The van der Waals surface area contributed by atoms with Gasteiger partial charge in [-0.2, -0.15) is 13.2 Å². The van der Waals surface area contributed by atoms with Crippen LogP contribution < -0.4 is 5.32 Å². The largest absolute Gasteiger partial charge is 0.494 e. The number of aromatic hydroxyl groups is 1. The molecule has 1 atom stereocenters. The van der Waals surface area contributed by atoms with Crippen LogP contribution in [0.15, 0.2) is 47.5 Å². The quantitative estimate of drug-likeness (QED) is 0.511. The number of para-hydroxylation sites is 1. The van der Waals surface area contributed by atoms with Crippen LogP contribution in [-0.2, 0) is 10.9 Å². The second kappa shape index (κ2) is 7.79. The highest BCUT2D eigenvalue weighted by Crippen LogP contribution is 2.37. The number of H-pyrrole nitrogens is 1. The topological polar surface area (TPSA) is 69.6 Å². The number of aliphatic imine (C=N–C) groups is 1. The Morgan fingerprint density at radius 3 is 2.83 bits per heavy atom. The van der Waals surface area contributed by atoms with Crippen LogP contribution in [0, 0.1) is 0 Å². The highest BCUT2D eigenvalue weighted by atomic mass is 19.4. The maximum atomic E-state index is 13.5. The predicted octanol–water partition coefficient (Wildman–Crippen LogP) is 5.23. The van der Waals surface area contributed by atoms with Crippen molar-refractivity contribution in [2.45, 2.75) is 25.1 Å². The van der Waals surface area contributed by atoms with Crippen LogP contribution in [0.4, 0.5) is 24.5 Å². The highest BCUT2D eigenvalue weighted by Gasteiger charge is 2.34. The van der Waals surface area contributed by atoms with Crippen LogP contribution >= 0.6 is 0 Å². The first-order valence-electron chi connectivity index (χ1n) is 9.32. The third-order valence-electron chi connectivity index (χ3n) is 4.92. The summed E-state index contributed by atoms with van der Waals surface area (Å²) in [6, 6.07) is 11.1. The first-order valence-corrected chi connectivity index (χ1v) is 9.32. The molecule has 5 nitrogen and oxygen atoms in total. The molecule has 2 heterocycles. The van der Waals surface area contributed by atoms with Crippen LogP contribution in [-0.4, -0.2) is 35.6 Å². The Kier molecular flexibility index (Phi) is 5.19. The molecule has 1 unspecified atom stereocenters. The van der Waals surface area contributed by atoms with E-state index >= 15 is 0 Å². The Bertz CT molecular complexity index is 1040. The molecule has 8 heteroatoms. The maximum Gasteiger partial charge on any atom is 0.418 e. The van der Waals surface area contributed by atoms with Crippen molar-refractivity contribution in [3.8, 4) is 5.88 Å². The zero-order chi connectivity index (χ0) is 20.4. The van der Waals surface area contributed by atoms with Crippen LogP contribution in [0.5, 0.6) is 5.88 Å². The number of fused-ring (bicyclic) bond motifs is 1. The average Bonchev–Trinajstić information content (AvgIpc) is 3.31. The summed E-state index contributed by atoms with van der Waals surface area (Å²) in [5, 5.41) is 13.7. The molecule has 1 aliphatic rings. The molecule has 0 bridgehead atoms. The number of hydrogen-bond donors (Lipinski definition) is 3. The van der Waals surface area contributed by atoms with Gasteiger partial charge in [0.15, 0.2) is 5.88 Å². The van der Waals surface area contributed by atoms with Gasteiger partial charge in [-0.25, -0.2) is 0 Å². The summed E-state index contributed by atoms with van der Waals surface area (Å²) >= 11 is 0. The van der Waals surface area contributed by atoms with Gasteiger partial charge >= 0.3 is 6.18 Å². The summed E-state index contributed by atoms with van der Waals surface area (Å²) < 4.78 is 46.1. The van der Waals surface area contributed by atoms with Gasteiger partial charge in [0.25, 0.3) is 0 Å². The molecule has 152 valence electrons. The van der Waals surface area contributed by atoms with Gasteiger partial charge in [0.2, 0.25) is 0 Å². The predicted molar refractivity (Wildman–Crippen MR) is 106 cm³/mol. The van der Waals surface area contributed by atoms with Gasteiger partial charge in [0, 0.05) is 36.0 Å². The normalized spacial score (nSPS) is 17.4. The summed E-state index contributed by atoms with van der Waals surface area (Å²) in [5.74, 6) is -0.0826. The lowest BCUT2D eigenvalue weighted by Crippen LogP contribution is -2.20. The van der Waals surface area contributed by atoms with E-state index < -0.39 is 11.7 Å². The molecular formula is C21H20F3N3O2. The average molecular weight is 403 g/mol. The summed E-state index contributed by atoms with van der Waals surface area (Å²) in [6.45, 7) is 0.974. The van der Waals surface area contributed by atoms with Gasteiger partial charge in [0.1, 0.15) is 0 Å². The first-order chi connectivity index (χ1) is 13.9. The van der Waals surface area contributed by atoms with Crippen LogP contribution in [0.3, 0.4) is 0 Å². The minimum Gasteiger partial charge on any atom is -0.494 e. The van der Waals surface area contributed by atoms with Crippen LogP contribution in [0.1, 0.15) is 24.0 Å². The van der Waals surface area contributed by atoms with Crippen molar-refractivity contribution < 1.29 is 23.0 Å². The van der Waals surface area contributed by atoms with Crippen molar-refractivity contribution in [2.75, 3.05) is 18.5 Å². The Hall–Kier alpha value is -3.00. The van der Waals surface area contributed by atoms with Gasteiger partial charge in [-0.3, -0.25) is 4.99 Å². The van der Waals surface area contributed by atoms with E-state index in [1.54, 1.807) is 12.1 Å². The number of aromatic nitrogens is 1. The van der Waals surface area contributed by atoms with Crippen LogP contribution in [0.25, 0.3) is 10.9 Å². The lowest BCUT2D eigenvalue weighted by atomic mass is 10.1. The van der Waals surface area contributed by atoms with E-state index in [0.29, 0.717) is 18.7 Å².